The number of alkyl carbamates (subject to hydrolysis) is 1. The van der Waals surface area contributed by atoms with E-state index in [1.54, 1.807) is 6.20 Å². The maximum Gasteiger partial charge on any atom is 0.407 e. The first kappa shape index (κ1) is 34.9. The van der Waals surface area contributed by atoms with E-state index in [9.17, 15) is 14.4 Å². The van der Waals surface area contributed by atoms with E-state index >= 15 is 0 Å². The molecule has 0 bridgehead atoms. The Morgan fingerprint density at radius 1 is 0.878 bits per heavy atom. The van der Waals surface area contributed by atoms with E-state index in [1.165, 1.54) is 22.6 Å². The number of amides is 3. The maximum atomic E-state index is 14.3. The Morgan fingerprint density at radius 2 is 1.61 bits per heavy atom. The summed E-state index contributed by atoms with van der Waals surface area (Å²) in [6.07, 6.45) is 2.37. The molecule has 3 amide bonds. The highest BCUT2D eigenvalue weighted by molar-refractivity contribution is 7.09. The van der Waals surface area contributed by atoms with Gasteiger partial charge in [-0.25, -0.2) is 9.78 Å². The SMILES string of the molecule is CC(C)(CNC(=O)CN(Cc1ccc(OCc2ccccc2)cc1)C(=O)[C@@H](CNC(=O)OCc1cccs1)c1cnc[nH]1)c1ccccc1. The zero-order valence-corrected chi connectivity index (χ0v) is 28.5. The van der Waals surface area contributed by atoms with Crippen LogP contribution in [-0.4, -0.2) is 52.4 Å². The van der Waals surface area contributed by atoms with Gasteiger partial charge in [-0.1, -0.05) is 92.7 Å². The molecule has 0 unspecified atom stereocenters. The minimum atomic E-state index is -0.848. The fraction of sp³-hybridized carbons (Fsp3) is 0.263. The van der Waals surface area contributed by atoms with Crippen LogP contribution in [0.3, 0.4) is 0 Å². The molecule has 0 aliphatic carbocycles. The van der Waals surface area contributed by atoms with Crippen LogP contribution in [0.2, 0.25) is 0 Å². The predicted octanol–water partition coefficient (Wildman–Crippen LogP) is 6.18. The lowest BCUT2D eigenvalue weighted by atomic mass is 9.84. The summed E-state index contributed by atoms with van der Waals surface area (Å²) >= 11 is 1.48. The van der Waals surface area contributed by atoms with Crippen LogP contribution in [0.1, 0.15) is 47.0 Å². The van der Waals surface area contributed by atoms with Crippen molar-refractivity contribution in [3.8, 4) is 5.75 Å². The Labute approximate surface area is 290 Å². The number of imidazole rings is 1. The molecule has 0 aliphatic heterocycles. The van der Waals surface area contributed by atoms with Crippen molar-refractivity contribution in [3.05, 3.63) is 142 Å². The van der Waals surface area contributed by atoms with Crippen molar-refractivity contribution in [3.63, 3.8) is 0 Å². The molecule has 0 saturated carbocycles. The third-order valence-corrected chi connectivity index (χ3v) is 8.89. The van der Waals surface area contributed by atoms with E-state index in [2.05, 4.69) is 34.4 Å². The molecule has 5 aromatic rings. The van der Waals surface area contributed by atoms with Gasteiger partial charge in [0.2, 0.25) is 11.8 Å². The number of aromatic amines is 1. The highest BCUT2D eigenvalue weighted by Crippen LogP contribution is 2.23. The molecule has 3 N–H and O–H groups in total. The smallest absolute Gasteiger partial charge is 0.407 e. The number of aromatic nitrogens is 2. The molecule has 5 rings (SSSR count). The number of nitrogens with zero attached hydrogens (tertiary/aromatic N) is 2. The van der Waals surface area contributed by atoms with Gasteiger partial charge < -0.3 is 30.0 Å². The molecule has 2 aromatic heterocycles. The van der Waals surface area contributed by atoms with Crippen LogP contribution in [0.4, 0.5) is 4.79 Å². The van der Waals surface area contributed by atoms with Gasteiger partial charge in [0.1, 0.15) is 19.0 Å². The lowest BCUT2D eigenvalue weighted by Crippen LogP contribution is -2.46. The van der Waals surface area contributed by atoms with Crippen LogP contribution < -0.4 is 15.4 Å². The Bertz CT molecular complexity index is 1750. The van der Waals surface area contributed by atoms with Crippen LogP contribution in [0.15, 0.2) is 115 Å². The first-order chi connectivity index (χ1) is 23.8. The van der Waals surface area contributed by atoms with Crippen molar-refractivity contribution < 1.29 is 23.9 Å². The van der Waals surface area contributed by atoms with Gasteiger partial charge in [0.15, 0.2) is 0 Å². The zero-order chi connectivity index (χ0) is 34.5. The molecule has 0 saturated heterocycles. The Morgan fingerprint density at radius 3 is 2.29 bits per heavy atom. The number of thiophene rings is 1. The second-order valence-electron chi connectivity index (χ2n) is 12.2. The second-order valence-corrected chi connectivity index (χ2v) is 13.3. The quantitative estimate of drug-likeness (QED) is 0.114. The number of hydrogen-bond donors (Lipinski definition) is 3. The van der Waals surface area contributed by atoms with E-state index in [-0.39, 0.29) is 43.5 Å². The Hall–Kier alpha value is -5.42. The number of nitrogens with one attached hydrogen (secondary N) is 3. The first-order valence-corrected chi connectivity index (χ1v) is 16.9. The molecule has 0 radical (unpaired) electrons. The monoisotopic (exact) mass is 679 g/mol. The minimum Gasteiger partial charge on any atom is -0.489 e. The highest BCUT2D eigenvalue weighted by Gasteiger charge is 2.30. The zero-order valence-electron chi connectivity index (χ0n) is 27.6. The van der Waals surface area contributed by atoms with Crippen molar-refractivity contribution in [2.75, 3.05) is 19.6 Å². The number of hydrogen-bond acceptors (Lipinski definition) is 7. The van der Waals surface area contributed by atoms with Crippen LogP contribution in [0.25, 0.3) is 0 Å². The number of ether oxygens (including phenoxy) is 2. The topological polar surface area (TPSA) is 126 Å². The molecule has 254 valence electrons. The van der Waals surface area contributed by atoms with Crippen molar-refractivity contribution >= 4 is 29.2 Å². The predicted molar refractivity (Wildman–Crippen MR) is 189 cm³/mol. The van der Waals surface area contributed by atoms with Gasteiger partial charge in [-0.05, 0) is 40.3 Å². The first-order valence-electron chi connectivity index (χ1n) is 16.0. The Kier molecular flexibility index (Phi) is 12.2. The van der Waals surface area contributed by atoms with Gasteiger partial charge in [-0.15, -0.1) is 11.3 Å². The van der Waals surface area contributed by atoms with Crippen molar-refractivity contribution in [1.29, 1.82) is 0 Å². The van der Waals surface area contributed by atoms with Gasteiger partial charge in [-0.3, -0.25) is 9.59 Å². The molecule has 1 atom stereocenters. The van der Waals surface area contributed by atoms with Gasteiger partial charge in [0.05, 0.1) is 18.8 Å². The number of rotatable bonds is 16. The summed E-state index contributed by atoms with van der Waals surface area (Å²) in [6, 6.07) is 31.1. The van der Waals surface area contributed by atoms with Crippen LogP contribution >= 0.6 is 11.3 Å². The van der Waals surface area contributed by atoms with E-state index in [0.29, 0.717) is 24.6 Å². The summed E-state index contributed by atoms with van der Waals surface area (Å²) in [5, 5.41) is 7.65. The van der Waals surface area contributed by atoms with Crippen molar-refractivity contribution in [1.82, 2.24) is 25.5 Å². The highest BCUT2D eigenvalue weighted by atomic mass is 32.1. The molecule has 11 heteroatoms. The van der Waals surface area contributed by atoms with Crippen molar-refractivity contribution in [2.24, 2.45) is 0 Å². The van der Waals surface area contributed by atoms with Gasteiger partial charge in [0, 0.05) is 41.8 Å². The summed E-state index contributed by atoms with van der Waals surface area (Å²) < 4.78 is 11.3. The van der Waals surface area contributed by atoms with Gasteiger partial charge in [0.25, 0.3) is 0 Å². The Balaban J connectivity index is 1.29. The third-order valence-electron chi connectivity index (χ3n) is 8.04. The van der Waals surface area contributed by atoms with Gasteiger partial charge >= 0.3 is 6.09 Å². The third kappa shape index (κ3) is 10.5. The summed E-state index contributed by atoms with van der Waals surface area (Å²) in [4.78, 5) is 49.8. The molecule has 49 heavy (non-hydrogen) atoms. The molecule has 2 heterocycles. The fourth-order valence-electron chi connectivity index (χ4n) is 5.18. The largest absolute Gasteiger partial charge is 0.489 e. The number of H-pyrrole nitrogens is 1. The van der Waals surface area contributed by atoms with Crippen LogP contribution in [0, 0.1) is 0 Å². The summed E-state index contributed by atoms with van der Waals surface area (Å²) in [5.41, 5.74) is 3.13. The number of benzene rings is 3. The minimum absolute atomic E-state index is 0.0598. The van der Waals surface area contributed by atoms with Crippen LogP contribution in [0.5, 0.6) is 5.75 Å². The lowest BCUT2D eigenvalue weighted by Gasteiger charge is -2.29. The van der Waals surface area contributed by atoms with E-state index < -0.39 is 12.0 Å². The van der Waals surface area contributed by atoms with Crippen LogP contribution in [-0.2, 0) is 39.5 Å². The summed E-state index contributed by atoms with van der Waals surface area (Å²) in [5.74, 6) is -0.817. The lowest BCUT2D eigenvalue weighted by molar-refractivity contribution is -0.138. The second kappa shape index (κ2) is 17.1. The molecule has 10 nitrogen and oxygen atoms in total. The summed E-state index contributed by atoms with van der Waals surface area (Å²) in [6.45, 7) is 4.96. The molecular formula is C38H41N5O5S. The molecule has 3 aromatic carbocycles. The van der Waals surface area contributed by atoms with Crippen molar-refractivity contribution in [2.45, 2.75) is 44.9 Å². The van der Waals surface area contributed by atoms with E-state index in [4.69, 9.17) is 9.47 Å². The number of carbonyl (C=O) groups is 3. The number of carbonyl (C=O) groups excluding carboxylic acids is 3. The fourth-order valence-corrected chi connectivity index (χ4v) is 5.80. The normalized spacial score (nSPS) is 11.7. The van der Waals surface area contributed by atoms with E-state index in [0.717, 1.165) is 21.6 Å². The molecule has 0 aliphatic rings. The standard InChI is InChI=1S/C38H41N5O5S/c1-38(2,30-12-7-4-8-13-30)26-41-35(44)23-43(22-28-15-17-31(18-16-28)47-24-29-10-5-3-6-11-29)36(45)33(34-21-39-27-42-34)20-40-37(46)48-25-32-14-9-19-49-32/h3-19,21,27,33H,20,22-26H2,1-2H3,(H,39,42)(H,40,46)(H,41,44)/t33-/m0/s1. The van der Waals surface area contributed by atoms with Gasteiger partial charge in [-0.2, -0.15) is 0 Å². The molecular weight excluding hydrogens is 639 g/mol. The summed E-state index contributed by atoms with van der Waals surface area (Å²) in [7, 11) is 0. The average Bonchev–Trinajstić information content (AvgIpc) is 3.86. The molecule has 0 spiro atoms. The van der Waals surface area contributed by atoms with E-state index in [1.807, 2.05) is 102 Å². The maximum absolute atomic E-state index is 14.3. The molecule has 0 fully saturated rings. The average molecular weight is 680 g/mol.